The average Bonchev–Trinajstić information content (AvgIpc) is 2.41. The Bertz CT molecular complexity index is 403. The van der Waals surface area contributed by atoms with Gasteiger partial charge in [-0.05, 0) is 32.0 Å². The van der Waals surface area contributed by atoms with Gasteiger partial charge in [-0.25, -0.2) is 4.79 Å². The summed E-state index contributed by atoms with van der Waals surface area (Å²) in [5.74, 6) is 0.753. The Morgan fingerprint density at radius 3 is 2.47 bits per heavy atom. The smallest absolute Gasteiger partial charge is 0.338 e. The quantitative estimate of drug-likeness (QED) is 0.535. The Morgan fingerprint density at radius 2 is 1.84 bits per heavy atom. The molecule has 1 aromatic carbocycles. The van der Waals surface area contributed by atoms with Crippen molar-refractivity contribution in [2.24, 2.45) is 0 Å². The first-order chi connectivity index (χ1) is 9.22. The molecule has 19 heavy (non-hydrogen) atoms. The third kappa shape index (κ3) is 4.79. The zero-order valence-corrected chi connectivity index (χ0v) is 11.6. The van der Waals surface area contributed by atoms with Crippen molar-refractivity contribution in [1.29, 1.82) is 0 Å². The van der Waals surface area contributed by atoms with Gasteiger partial charge in [0.1, 0.15) is 6.61 Å². The molecule has 0 atom stereocenters. The van der Waals surface area contributed by atoms with Crippen LogP contribution in [0.2, 0.25) is 0 Å². The number of rotatable bonds is 8. The van der Waals surface area contributed by atoms with Gasteiger partial charge in [0.15, 0.2) is 11.5 Å². The summed E-state index contributed by atoms with van der Waals surface area (Å²) in [6, 6.07) is 4.99. The molecule has 0 aliphatic carbocycles. The van der Waals surface area contributed by atoms with Crippen LogP contribution in [0.5, 0.6) is 11.5 Å². The van der Waals surface area contributed by atoms with Crippen molar-refractivity contribution >= 4 is 5.97 Å². The summed E-state index contributed by atoms with van der Waals surface area (Å²) in [5.41, 5.74) is 0.449. The minimum absolute atomic E-state index is 0.342. The summed E-state index contributed by atoms with van der Waals surface area (Å²) >= 11 is 0. The van der Waals surface area contributed by atoms with Gasteiger partial charge in [-0.15, -0.1) is 0 Å². The molecule has 0 saturated carbocycles. The van der Waals surface area contributed by atoms with Gasteiger partial charge in [-0.2, -0.15) is 0 Å². The highest BCUT2D eigenvalue weighted by Gasteiger charge is 2.12. The first-order valence-electron chi connectivity index (χ1n) is 6.28. The van der Waals surface area contributed by atoms with E-state index in [1.165, 1.54) is 0 Å². The van der Waals surface area contributed by atoms with E-state index in [1.807, 2.05) is 6.92 Å². The Balaban J connectivity index is 2.84. The third-order valence-corrected chi connectivity index (χ3v) is 2.30. The molecule has 1 rings (SSSR count). The van der Waals surface area contributed by atoms with Gasteiger partial charge in [-0.1, -0.05) is 0 Å². The zero-order chi connectivity index (χ0) is 14.1. The van der Waals surface area contributed by atoms with Crippen LogP contribution in [0.15, 0.2) is 18.2 Å². The van der Waals surface area contributed by atoms with Crippen LogP contribution in [-0.4, -0.2) is 39.5 Å². The number of carbonyl (C=O) groups excluding carboxylic acids is 1. The van der Waals surface area contributed by atoms with E-state index in [0.717, 1.165) is 0 Å². The first-order valence-corrected chi connectivity index (χ1v) is 6.28. The minimum Gasteiger partial charge on any atom is -0.490 e. The van der Waals surface area contributed by atoms with Crippen LogP contribution in [0.3, 0.4) is 0 Å². The van der Waals surface area contributed by atoms with Crippen molar-refractivity contribution in [3.63, 3.8) is 0 Å². The largest absolute Gasteiger partial charge is 0.490 e. The fourth-order valence-electron chi connectivity index (χ4n) is 1.47. The maximum Gasteiger partial charge on any atom is 0.338 e. The van der Waals surface area contributed by atoms with Crippen molar-refractivity contribution in [3.8, 4) is 11.5 Å². The summed E-state index contributed by atoms with van der Waals surface area (Å²) in [4.78, 5) is 11.6. The normalized spacial score (nSPS) is 10.1. The standard InChI is InChI=1S/C14H20O5/c1-4-17-13-10-11(14(15)18-5-2)6-7-12(13)19-9-8-16-3/h6-7,10H,4-5,8-9H2,1-3H3. The number of carbonyl (C=O) groups is 1. The zero-order valence-electron chi connectivity index (χ0n) is 11.6. The fraction of sp³-hybridized carbons (Fsp3) is 0.500. The van der Waals surface area contributed by atoms with Crippen LogP contribution in [0, 0.1) is 0 Å². The predicted octanol–water partition coefficient (Wildman–Crippen LogP) is 2.29. The third-order valence-electron chi connectivity index (χ3n) is 2.30. The van der Waals surface area contributed by atoms with E-state index in [-0.39, 0.29) is 5.97 Å². The van der Waals surface area contributed by atoms with Gasteiger partial charge < -0.3 is 18.9 Å². The van der Waals surface area contributed by atoms with E-state index >= 15 is 0 Å². The van der Waals surface area contributed by atoms with Gasteiger partial charge in [-0.3, -0.25) is 0 Å². The highest BCUT2D eigenvalue weighted by atomic mass is 16.5. The van der Waals surface area contributed by atoms with Crippen molar-refractivity contribution < 1.29 is 23.7 Å². The summed E-state index contributed by atoms with van der Waals surface area (Å²) in [6.07, 6.45) is 0. The summed E-state index contributed by atoms with van der Waals surface area (Å²) in [7, 11) is 1.61. The van der Waals surface area contributed by atoms with Gasteiger partial charge in [0.2, 0.25) is 0 Å². The second kappa shape index (κ2) is 8.37. The first kappa shape index (κ1) is 15.3. The van der Waals surface area contributed by atoms with Crippen LogP contribution in [0.25, 0.3) is 0 Å². The van der Waals surface area contributed by atoms with Crippen LogP contribution >= 0.6 is 0 Å². The molecule has 0 aliphatic rings. The SMILES string of the molecule is CCOC(=O)c1ccc(OCCOC)c(OCC)c1. The highest BCUT2D eigenvalue weighted by Crippen LogP contribution is 2.28. The molecule has 0 aliphatic heterocycles. The van der Waals surface area contributed by atoms with Gasteiger partial charge >= 0.3 is 5.97 Å². The van der Waals surface area contributed by atoms with Crippen LogP contribution in [0.4, 0.5) is 0 Å². The predicted molar refractivity (Wildman–Crippen MR) is 70.9 cm³/mol. The number of esters is 1. The van der Waals surface area contributed by atoms with Gasteiger partial charge in [0.05, 0.1) is 25.4 Å². The van der Waals surface area contributed by atoms with Crippen LogP contribution in [0.1, 0.15) is 24.2 Å². The molecule has 0 heterocycles. The topological polar surface area (TPSA) is 54.0 Å². The van der Waals surface area contributed by atoms with Gasteiger partial charge in [0, 0.05) is 7.11 Å². The lowest BCUT2D eigenvalue weighted by Gasteiger charge is -2.12. The molecule has 106 valence electrons. The van der Waals surface area contributed by atoms with E-state index in [1.54, 1.807) is 32.2 Å². The lowest BCUT2D eigenvalue weighted by atomic mass is 10.2. The molecular formula is C14H20O5. The number of methoxy groups -OCH3 is 1. The van der Waals surface area contributed by atoms with Crippen LogP contribution < -0.4 is 9.47 Å². The molecule has 0 radical (unpaired) electrons. The Morgan fingerprint density at radius 1 is 1.05 bits per heavy atom. The number of ether oxygens (including phenoxy) is 4. The summed E-state index contributed by atoms with van der Waals surface area (Å²) in [6.45, 7) is 5.39. The molecule has 0 aromatic heterocycles. The molecule has 0 saturated heterocycles. The second-order valence-electron chi connectivity index (χ2n) is 3.66. The van der Waals surface area contributed by atoms with E-state index < -0.39 is 0 Å². The molecule has 5 nitrogen and oxygen atoms in total. The highest BCUT2D eigenvalue weighted by molar-refractivity contribution is 5.90. The van der Waals surface area contributed by atoms with E-state index in [0.29, 0.717) is 43.5 Å². The molecule has 0 spiro atoms. The molecule has 1 aromatic rings. The Labute approximate surface area is 113 Å². The van der Waals surface area contributed by atoms with Crippen LogP contribution in [-0.2, 0) is 9.47 Å². The number of benzene rings is 1. The van der Waals surface area contributed by atoms with E-state index in [9.17, 15) is 4.79 Å². The average molecular weight is 268 g/mol. The molecule has 0 fully saturated rings. The van der Waals surface area contributed by atoms with Crippen molar-refractivity contribution in [2.45, 2.75) is 13.8 Å². The fourth-order valence-corrected chi connectivity index (χ4v) is 1.47. The number of hydrogen-bond donors (Lipinski definition) is 0. The molecule has 0 bridgehead atoms. The van der Waals surface area contributed by atoms with Crippen molar-refractivity contribution in [2.75, 3.05) is 33.5 Å². The molecule has 0 N–H and O–H groups in total. The summed E-state index contributed by atoms with van der Waals surface area (Å²) < 4.78 is 20.8. The molecular weight excluding hydrogens is 248 g/mol. The maximum atomic E-state index is 11.6. The Hall–Kier alpha value is -1.75. The second-order valence-corrected chi connectivity index (χ2v) is 3.66. The molecule has 5 heteroatoms. The minimum atomic E-state index is -0.369. The lowest BCUT2D eigenvalue weighted by Crippen LogP contribution is -2.08. The molecule has 0 unspecified atom stereocenters. The molecule has 0 amide bonds. The van der Waals surface area contributed by atoms with E-state index in [2.05, 4.69) is 0 Å². The lowest BCUT2D eigenvalue weighted by molar-refractivity contribution is 0.0525. The van der Waals surface area contributed by atoms with Gasteiger partial charge in [0.25, 0.3) is 0 Å². The monoisotopic (exact) mass is 268 g/mol. The van der Waals surface area contributed by atoms with Crippen molar-refractivity contribution in [3.05, 3.63) is 23.8 Å². The van der Waals surface area contributed by atoms with Crippen molar-refractivity contribution in [1.82, 2.24) is 0 Å². The van der Waals surface area contributed by atoms with E-state index in [4.69, 9.17) is 18.9 Å². The Kier molecular flexibility index (Phi) is 6.74. The summed E-state index contributed by atoms with van der Waals surface area (Å²) in [5, 5.41) is 0. The maximum absolute atomic E-state index is 11.6. The number of hydrogen-bond acceptors (Lipinski definition) is 5.